The minimum Gasteiger partial charge on any atom is -0.354 e. The van der Waals surface area contributed by atoms with Gasteiger partial charge in [0.05, 0.1) is 17.6 Å². The van der Waals surface area contributed by atoms with Crippen LogP contribution in [0.1, 0.15) is 38.6 Å². The van der Waals surface area contributed by atoms with Gasteiger partial charge in [-0.05, 0) is 37.3 Å². The number of carbonyl (C=O) groups excluding carboxylic acids is 1. The second kappa shape index (κ2) is 5.36. The van der Waals surface area contributed by atoms with Crippen molar-refractivity contribution in [3.05, 3.63) is 17.7 Å². The molecule has 1 amide bonds. The highest BCUT2D eigenvalue weighted by Gasteiger charge is 2.24. The number of carbonyl (C=O) groups is 1. The lowest BCUT2D eigenvalue weighted by atomic mass is 9.91. The van der Waals surface area contributed by atoms with E-state index >= 15 is 0 Å². The van der Waals surface area contributed by atoms with Crippen LogP contribution in [0.2, 0.25) is 5.28 Å². The van der Waals surface area contributed by atoms with Crippen molar-refractivity contribution in [3.63, 3.8) is 0 Å². The van der Waals surface area contributed by atoms with Crippen molar-refractivity contribution in [2.24, 2.45) is 0 Å². The molecule has 2 aromatic heterocycles. The summed E-state index contributed by atoms with van der Waals surface area (Å²) in [5, 5.41) is 8.54. The van der Waals surface area contributed by atoms with Crippen molar-refractivity contribution in [2.45, 2.75) is 44.7 Å². The van der Waals surface area contributed by atoms with Crippen LogP contribution >= 0.6 is 11.6 Å². The summed E-state index contributed by atoms with van der Waals surface area (Å²) >= 11 is 5.86. The second-order valence-electron chi connectivity index (χ2n) is 5.21. The van der Waals surface area contributed by atoms with Crippen LogP contribution in [0.15, 0.2) is 12.4 Å². The Bertz CT molecular complexity index is 633. The van der Waals surface area contributed by atoms with Gasteiger partial charge in [0.15, 0.2) is 5.65 Å². The highest BCUT2D eigenvalue weighted by atomic mass is 35.5. The Morgan fingerprint density at radius 1 is 1.35 bits per heavy atom. The normalized spacial score (nSPS) is 22.9. The Balaban J connectivity index is 1.76. The predicted octanol–water partition coefficient (Wildman–Crippen LogP) is 2.10. The highest BCUT2D eigenvalue weighted by Crippen LogP contribution is 2.30. The zero-order chi connectivity index (χ0) is 14.1. The average Bonchev–Trinajstić information content (AvgIpc) is 2.82. The Labute approximate surface area is 121 Å². The molecule has 20 heavy (non-hydrogen) atoms. The van der Waals surface area contributed by atoms with E-state index in [0.717, 1.165) is 36.7 Å². The van der Waals surface area contributed by atoms with Gasteiger partial charge in [-0.15, -0.1) is 0 Å². The first-order valence-electron chi connectivity index (χ1n) is 6.76. The third kappa shape index (κ3) is 2.60. The summed E-state index contributed by atoms with van der Waals surface area (Å²) in [6, 6.07) is 0.590. The average molecular weight is 294 g/mol. The molecule has 0 bridgehead atoms. The minimum atomic E-state index is 0.0394. The third-order valence-corrected chi connectivity index (χ3v) is 3.94. The number of amides is 1. The first kappa shape index (κ1) is 13.3. The van der Waals surface area contributed by atoms with E-state index in [1.165, 1.54) is 0 Å². The van der Waals surface area contributed by atoms with E-state index in [0.29, 0.717) is 6.04 Å². The summed E-state index contributed by atoms with van der Waals surface area (Å²) in [5.41, 5.74) is 0.785. The largest absolute Gasteiger partial charge is 0.354 e. The molecule has 2 aromatic rings. The van der Waals surface area contributed by atoms with E-state index in [-0.39, 0.29) is 17.2 Å². The van der Waals surface area contributed by atoms with Crippen LogP contribution in [-0.4, -0.2) is 31.7 Å². The van der Waals surface area contributed by atoms with Crippen molar-refractivity contribution in [1.82, 2.24) is 25.1 Å². The molecule has 0 saturated heterocycles. The fourth-order valence-corrected chi connectivity index (χ4v) is 2.96. The predicted molar refractivity (Wildman–Crippen MR) is 75.4 cm³/mol. The number of hydrogen-bond donors (Lipinski definition) is 1. The van der Waals surface area contributed by atoms with Gasteiger partial charge < -0.3 is 5.32 Å². The third-order valence-electron chi connectivity index (χ3n) is 3.75. The summed E-state index contributed by atoms with van der Waals surface area (Å²) in [6.45, 7) is 1.56. The second-order valence-corrected chi connectivity index (χ2v) is 5.55. The Kier molecular flexibility index (Phi) is 3.56. The number of nitrogens with zero attached hydrogens (tertiary/aromatic N) is 4. The molecule has 1 aliphatic carbocycles. The number of fused-ring (bicyclic) bond motifs is 1. The van der Waals surface area contributed by atoms with Crippen molar-refractivity contribution in [2.75, 3.05) is 0 Å². The van der Waals surface area contributed by atoms with Crippen molar-refractivity contribution in [1.29, 1.82) is 0 Å². The van der Waals surface area contributed by atoms with Gasteiger partial charge in [-0.25, -0.2) is 9.67 Å². The Morgan fingerprint density at radius 2 is 2.10 bits per heavy atom. The molecule has 0 aromatic carbocycles. The molecule has 106 valence electrons. The zero-order valence-electron chi connectivity index (χ0n) is 11.2. The van der Waals surface area contributed by atoms with Gasteiger partial charge >= 0.3 is 0 Å². The Morgan fingerprint density at radius 3 is 2.80 bits per heavy atom. The topological polar surface area (TPSA) is 72.7 Å². The molecule has 3 rings (SSSR count). The highest BCUT2D eigenvalue weighted by molar-refractivity contribution is 6.28. The van der Waals surface area contributed by atoms with E-state index in [1.54, 1.807) is 19.3 Å². The maximum Gasteiger partial charge on any atom is 0.224 e. The summed E-state index contributed by atoms with van der Waals surface area (Å²) in [6.07, 6.45) is 7.34. The Hall–Kier alpha value is -1.69. The summed E-state index contributed by atoms with van der Waals surface area (Å²) < 4.78 is 1.94. The number of nitrogens with one attached hydrogen (secondary N) is 1. The smallest absolute Gasteiger partial charge is 0.224 e. The van der Waals surface area contributed by atoms with Gasteiger partial charge in [0.25, 0.3) is 0 Å². The molecule has 1 N–H and O–H groups in total. The number of halogens is 1. The van der Waals surface area contributed by atoms with Crippen LogP contribution in [-0.2, 0) is 4.79 Å². The van der Waals surface area contributed by atoms with Crippen molar-refractivity contribution >= 4 is 28.5 Å². The van der Waals surface area contributed by atoms with Gasteiger partial charge in [0.1, 0.15) is 0 Å². The standard InChI is InChI=1S/C13H16ClN5O/c1-8(20)17-10-2-4-11(5-3-10)19-12-9(7-16-19)6-15-13(14)18-12/h6-7,10-11H,2-5H2,1H3,(H,17,20)/t10-,11-. The lowest BCUT2D eigenvalue weighted by molar-refractivity contribution is -0.119. The summed E-state index contributed by atoms with van der Waals surface area (Å²) in [5.74, 6) is 0.0394. The monoisotopic (exact) mass is 293 g/mol. The molecule has 2 heterocycles. The fourth-order valence-electron chi connectivity index (χ4n) is 2.83. The molecule has 6 nitrogen and oxygen atoms in total. The summed E-state index contributed by atoms with van der Waals surface area (Å²) in [4.78, 5) is 19.3. The molecular weight excluding hydrogens is 278 g/mol. The molecule has 0 aliphatic heterocycles. The maximum absolute atomic E-state index is 11.1. The van der Waals surface area contributed by atoms with Crippen molar-refractivity contribution < 1.29 is 4.79 Å². The van der Waals surface area contributed by atoms with Crippen LogP contribution in [0.3, 0.4) is 0 Å². The quantitative estimate of drug-likeness (QED) is 0.861. The molecule has 0 radical (unpaired) electrons. The summed E-state index contributed by atoms with van der Waals surface area (Å²) in [7, 11) is 0. The molecular formula is C13H16ClN5O. The van der Waals surface area contributed by atoms with Crippen molar-refractivity contribution in [3.8, 4) is 0 Å². The first-order valence-corrected chi connectivity index (χ1v) is 7.14. The minimum absolute atomic E-state index is 0.0394. The lowest BCUT2D eigenvalue weighted by Gasteiger charge is -2.29. The molecule has 1 saturated carbocycles. The SMILES string of the molecule is CC(=O)N[C@H]1CC[C@H](n2ncc3cnc(Cl)nc32)CC1. The van der Waals surface area contributed by atoms with Crippen LogP contribution < -0.4 is 5.32 Å². The maximum atomic E-state index is 11.1. The van der Waals surface area contributed by atoms with Gasteiger partial charge in [-0.3, -0.25) is 4.79 Å². The number of rotatable bonds is 2. The molecule has 0 atom stereocenters. The van der Waals surface area contributed by atoms with Gasteiger partial charge in [0, 0.05) is 19.2 Å². The van der Waals surface area contributed by atoms with Gasteiger partial charge in [-0.1, -0.05) is 0 Å². The van der Waals surface area contributed by atoms with Crippen LogP contribution in [0.5, 0.6) is 0 Å². The van der Waals surface area contributed by atoms with Crippen LogP contribution in [0.4, 0.5) is 0 Å². The van der Waals surface area contributed by atoms with E-state index < -0.39 is 0 Å². The fraction of sp³-hybridized carbons (Fsp3) is 0.538. The van der Waals surface area contributed by atoms with Gasteiger partial charge in [0.2, 0.25) is 11.2 Å². The van der Waals surface area contributed by atoms with E-state index in [4.69, 9.17) is 11.6 Å². The van der Waals surface area contributed by atoms with Crippen LogP contribution in [0.25, 0.3) is 11.0 Å². The molecule has 0 spiro atoms. The van der Waals surface area contributed by atoms with Gasteiger partial charge in [-0.2, -0.15) is 10.1 Å². The van der Waals surface area contributed by atoms with E-state index in [1.807, 2.05) is 4.68 Å². The number of aromatic nitrogens is 4. The number of hydrogen-bond acceptors (Lipinski definition) is 4. The van der Waals surface area contributed by atoms with E-state index in [2.05, 4.69) is 20.4 Å². The molecule has 0 unspecified atom stereocenters. The first-order chi connectivity index (χ1) is 9.63. The molecule has 1 fully saturated rings. The van der Waals surface area contributed by atoms with E-state index in [9.17, 15) is 4.79 Å². The molecule has 7 heteroatoms. The van der Waals surface area contributed by atoms with Crippen LogP contribution in [0, 0.1) is 0 Å². The lowest BCUT2D eigenvalue weighted by Crippen LogP contribution is -2.36. The molecule has 1 aliphatic rings. The zero-order valence-corrected chi connectivity index (χ0v) is 12.0.